The first kappa shape index (κ1) is 21.4. The molecule has 2 rings (SSSR count). The molecular formula is C18H24BrN3O4S. The molecule has 0 saturated heterocycles. The largest absolute Gasteiger partial charge is 0.456 e. The summed E-state index contributed by atoms with van der Waals surface area (Å²) in [7, 11) is 0. The number of aromatic nitrogens is 1. The zero-order valence-corrected chi connectivity index (χ0v) is 18.6. The van der Waals surface area contributed by atoms with Gasteiger partial charge in [-0.25, -0.2) is 14.6 Å². The van der Waals surface area contributed by atoms with Crippen molar-refractivity contribution in [3.63, 3.8) is 0 Å². The quantitative estimate of drug-likeness (QED) is 0.527. The van der Waals surface area contributed by atoms with Crippen LogP contribution in [-0.4, -0.2) is 33.1 Å². The number of rotatable bonds is 2. The first-order valence-corrected chi connectivity index (χ1v) is 9.99. The SMILES string of the molecule is CC(C)(C)OC(=O)C1=C(N)C=C(Br)N(C(=O)OC(C)(C)C)C1c1nccs1. The van der Waals surface area contributed by atoms with E-state index in [1.54, 1.807) is 53.1 Å². The highest BCUT2D eigenvalue weighted by atomic mass is 79.9. The molecule has 0 radical (unpaired) electrons. The van der Waals surface area contributed by atoms with Gasteiger partial charge in [-0.2, -0.15) is 0 Å². The normalized spacial score (nSPS) is 18.3. The Morgan fingerprint density at radius 2 is 1.78 bits per heavy atom. The number of esters is 1. The summed E-state index contributed by atoms with van der Waals surface area (Å²) in [4.78, 5) is 31.4. The Labute approximate surface area is 171 Å². The Balaban J connectivity index is 2.55. The van der Waals surface area contributed by atoms with Crippen molar-refractivity contribution in [1.82, 2.24) is 9.88 Å². The summed E-state index contributed by atoms with van der Waals surface area (Å²) in [5.41, 5.74) is 5.07. The number of amides is 1. The van der Waals surface area contributed by atoms with Crippen molar-refractivity contribution in [3.8, 4) is 0 Å². The van der Waals surface area contributed by atoms with E-state index in [4.69, 9.17) is 15.2 Å². The van der Waals surface area contributed by atoms with E-state index in [2.05, 4.69) is 20.9 Å². The Morgan fingerprint density at radius 3 is 2.26 bits per heavy atom. The maximum absolute atomic E-state index is 12.9. The van der Waals surface area contributed by atoms with E-state index < -0.39 is 29.3 Å². The van der Waals surface area contributed by atoms with Gasteiger partial charge in [0.25, 0.3) is 0 Å². The van der Waals surface area contributed by atoms with Crippen molar-refractivity contribution in [2.24, 2.45) is 5.73 Å². The standard InChI is InChI=1S/C18H24BrN3O4S/c1-17(2,3)25-15(23)12-10(20)9-11(19)22(16(24)26-18(4,5)6)13(12)14-21-7-8-27-14/h7-9,13H,20H2,1-6H3. The van der Waals surface area contributed by atoms with E-state index in [0.717, 1.165) is 0 Å². The van der Waals surface area contributed by atoms with Crippen molar-refractivity contribution in [2.75, 3.05) is 0 Å². The monoisotopic (exact) mass is 457 g/mol. The number of nitrogens with two attached hydrogens (primary N) is 1. The van der Waals surface area contributed by atoms with Crippen LogP contribution in [0.25, 0.3) is 0 Å². The highest BCUT2D eigenvalue weighted by molar-refractivity contribution is 9.11. The van der Waals surface area contributed by atoms with Crippen LogP contribution in [0.4, 0.5) is 4.79 Å². The zero-order chi connectivity index (χ0) is 20.6. The summed E-state index contributed by atoms with van der Waals surface area (Å²) in [5.74, 6) is -0.606. The van der Waals surface area contributed by atoms with Crippen molar-refractivity contribution in [3.05, 3.63) is 38.5 Å². The fourth-order valence-electron chi connectivity index (χ4n) is 2.36. The van der Waals surface area contributed by atoms with E-state index in [1.807, 2.05) is 0 Å². The van der Waals surface area contributed by atoms with E-state index in [9.17, 15) is 9.59 Å². The summed E-state index contributed by atoms with van der Waals surface area (Å²) >= 11 is 4.67. The molecule has 9 heteroatoms. The third-order valence-electron chi connectivity index (χ3n) is 3.24. The van der Waals surface area contributed by atoms with Crippen LogP contribution in [0.15, 0.2) is 33.5 Å². The van der Waals surface area contributed by atoms with Gasteiger partial charge in [-0.3, -0.25) is 4.90 Å². The lowest BCUT2D eigenvalue weighted by Crippen LogP contribution is -2.42. The predicted octanol–water partition coefficient (Wildman–Crippen LogP) is 4.23. The number of hydrogen-bond acceptors (Lipinski definition) is 7. The molecule has 148 valence electrons. The molecule has 0 saturated carbocycles. The average Bonchev–Trinajstić information content (AvgIpc) is 2.95. The number of hydrogen-bond donors (Lipinski definition) is 1. The summed E-state index contributed by atoms with van der Waals surface area (Å²) in [5, 5.41) is 2.28. The van der Waals surface area contributed by atoms with Gasteiger partial charge in [-0.15, -0.1) is 11.3 Å². The minimum atomic E-state index is -0.853. The van der Waals surface area contributed by atoms with Crippen LogP contribution in [-0.2, 0) is 14.3 Å². The Morgan fingerprint density at radius 1 is 1.19 bits per heavy atom. The van der Waals surface area contributed by atoms with Crippen molar-refractivity contribution in [2.45, 2.75) is 58.8 Å². The molecule has 1 amide bonds. The molecule has 1 aliphatic heterocycles. The van der Waals surface area contributed by atoms with E-state index in [-0.39, 0.29) is 11.3 Å². The predicted molar refractivity (Wildman–Crippen MR) is 107 cm³/mol. The Kier molecular flexibility index (Phi) is 6.06. The first-order chi connectivity index (χ1) is 12.3. The molecule has 27 heavy (non-hydrogen) atoms. The molecule has 2 heterocycles. The van der Waals surface area contributed by atoms with E-state index in [1.165, 1.54) is 22.3 Å². The molecule has 2 N–H and O–H groups in total. The van der Waals surface area contributed by atoms with Gasteiger partial charge >= 0.3 is 12.1 Å². The second kappa shape index (κ2) is 7.63. The van der Waals surface area contributed by atoms with Gasteiger partial charge in [0.15, 0.2) is 0 Å². The van der Waals surface area contributed by atoms with Crippen LogP contribution < -0.4 is 5.73 Å². The van der Waals surface area contributed by atoms with Gasteiger partial charge < -0.3 is 15.2 Å². The molecule has 0 aromatic carbocycles. The minimum Gasteiger partial charge on any atom is -0.456 e. The second-order valence-corrected chi connectivity index (χ2v) is 9.70. The molecule has 7 nitrogen and oxygen atoms in total. The van der Waals surface area contributed by atoms with Crippen LogP contribution in [0.2, 0.25) is 0 Å². The highest BCUT2D eigenvalue weighted by Crippen LogP contribution is 2.41. The first-order valence-electron chi connectivity index (χ1n) is 8.32. The lowest BCUT2D eigenvalue weighted by Gasteiger charge is -2.36. The summed E-state index contributed by atoms with van der Waals surface area (Å²) < 4.78 is 11.4. The minimum absolute atomic E-state index is 0.147. The summed E-state index contributed by atoms with van der Waals surface area (Å²) in [6.45, 7) is 10.6. The molecule has 0 aliphatic carbocycles. The van der Waals surface area contributed by atoms with E-state index in [0.29, 0.717) is 9.61 Å². The molecule has 1 atom stereocenters. The van der Waals surface area contributed by atoms with Gasteiger partial charge in [0.05, 0.1) is 10.2 Å². The van der Waals surface area contributed by atoms with Gasteiger partial charge in [-0.05, 0) is 63.5 Å². The van der Waals surface area contributed by atoms with Gasteiger partial charge in [0.2, 0.25) is 0 Å². The number of nitrogens with zero attached hydrogens (tertiary/aromatic N) is 2. The third kappa shape index (κ3) is 5.32. The fraction of sp³-hybridized carbons (Fsp3) is 0.500. The van der Waals surface area contributed by atoms with Crippen LogP contribution in [0, 0.1) is 0 Å². The van der Waals surface area contributed by atoms with Crippen molar-refractivity contribution in [1.29, 1.82) is 0 Å². The topological polar surface area (TPSA) is 94.8 Å². The lowest BCUT2D eigenvalue weighted by atomic mass is 10.0. The van der Waals surface area contributed by atoms with Crippen LogP contribution in [0.3, 0.4) is 0 Å². The summed E-state index contributed by atoms with van der Waals surface area (Å²) in [6.07, 6.45) is 2.47. The van der Waals surface area contributed by atoms with Crippen molar-refractivity contribution >= 4 is 39.3 Å². The number of carbonyl (C=O) groups excluding carboxylic acids is 2. The van der Waals surface area contributed by atoms with Crippen LogP contribution >= 0.6 is 27.3 Å². The molecule has 0 spiro atoms. The average molecular weight is 458 g/mol. The van der Waals surface area contributed by atoms with Crippen LogP contribution in [0.5, 0.6) is 0 Å². The maximum Gasteiger partial charge on any atom is 0.416 e. The summed E-state index contributed by atoms with van der Waals surface area (Å²) in [6, 6.07) is -0.853. The molecule has 1 aliphatic rings. The number of halogens is 1. The Hall–Kier alpha value is -1.87. The molecule has 1 aromatic heterocycles. The van der Waals surface area contributed by atoms with Gasteiger partial charge in [-0.1, -0.05) is 0 Å². The number of ether oxygens (including phenoxy) is 2. The van der Waals surface area contributed by atoms with Gasteiger partial charge in [0.1, 0.15) is 22.3 Å². The lowest BCUT2D eigenvalue weighted by molar-refractivity contribution is -0.150. The fourth-order valence-corrected chi connectivity index (χ4v) is 3.69. The smallest absolute Gasteiger partial charge is 0.416 e. The Bertz CT molecular complexity index is 789. The maximum atomic E-state index is 12.9. The second-order valence-electron chi connectivity index (χ2n) is 7.96. The number of allylic oxidation sites excluding steroid dienone is 1. The molecule has 0 fully saturated rings. The number of thiazole rings is 1. The van der Waals surface area contributed by atoms with Gasteiger partial charge in [0, 0.05) is 17.3 Å². The van der Waals surface area contributed by atoms with Crippen LogP contribution in [0.1, 0.15) is 52.6 Å². The van der Waals surface area contributed by atoms with Crippen molar-refractivity contribution < 1.29 is 19.1 Å². The molecule has 0 bridgehead atoms. The highest BCUT2D eigenvalue weighted by Gasteiger charge is 2.42. The molecular weight excluding hydrogens is 434 g/mol. The zero-order valence-electron chi connectivity index (χ0n) is 16.2. The molecule has 1 aromatic rings. The molecule has 1 unspecified atom stereocenters. The van der Waals surface area contributed by atoms with E-state index >= 15 is 0 Å². The third-order valence-corrected chi connectivity index (χ3v) is 4.68. The number of carbonyl (C=O) groups is 2.